The first-order chi connectivity index (χ1) is 4.04. The molecule has 0 heterocycles. The normalized spacial score (nSPS) is 11.0. The molecule has 0 bridgehead atoms. The molecule has 0 aliphatic rings. The van der Waals surface area contributed by atoms with Gasteiger partial charge in [0.25, 0.3) is 0 Å². The molecule has 0 unspecified atom stereocenters. The van der Waals surface area contributed by atoms with E-state index in [9.17, 15) is 0 Å². The van der Waals surface area contributed by atoms with Crippen LogP contribution in [-0.2, 0) is 0 Å². The molecule has 0 aliphatic heterocycles. The molecule has 9 heavy (non-hydrogen) atoms. The molecule has 0 aromatic rings. The van der Waals surface area contributed by atoms with Gasteiger partial charge in [-0.15, -0.1) is 0 Å². The molecular weight excluding hydrogens is 140 g/mol. The third kappa shape index (κ3) is 3.67. The SMILES string of the molecule is C=C(O)/C=C(/O)C(=C)Cl. The molecular formula is C6H7ClO2. The summed E-state index contributed by atoms with van der Waals surface area (Å²) in [5.74, 6) is -0.529. The number of halogens is 1. The molecule has 3 heteroatoms. The van der Waals surface area contributed by atoms with Crippen LogP contribution >= 0.6 is 11.6 Å². The zero-order chi connectivity index (χ0) is 7.44. The molecule has 0 aromatic carbocycles. The largest absolute Gasteiger partial charge is 0.508 e. The Morgan fingerprint density at radius 3 is 1.89 bits per heavy atom. The van der Waals surface area contributed by atoms with Crippen molar-refractivity contribution in [3.8, 4) is 0 Å². The molecule has 0 radical (unpaired) electrons. The Labute approximate surface area is 58.4 Å². The van der Waals surface area contributed by atoms with Gasteiger partial charge in [0.05, 0.1) is 5.03 Å². The summed E-state index contributed by atoms with van der Waals surface area (Å²) in [6.45, 7) is 6.30. The third-order valence-corrected chi connectivity index (χ3v) is 0.775. The van der Waals surface area contributed by atoms with Gasteiger partial charge >= 0.3 is 0 Å². The summed E-state index contributed by atoms with van der Waals surface area (Å²) >= 11 is 5.21. The Morgan fingerprint density at radius 2 is 1.78 bits per heavy atom. The smallest absolute Gasteiger partial charge is 0.137 e. The van der Waals surface area contributed by atoms with Gasteiger partial charge < -0.3 is 10.2 Å². The number of hydrogen-bond acceptors (Lipinski definition) is 2. The van der Waals surface area contributed by atoms with E-state index in [0.717, 1.165) is 6.08 Å². The van der Waals surface area contributed by atoms with Crippen LogP contribution in [-0.4, -0.2) is 10.2 Å². The second-order valence-corrected chi connectivity index (χ2v) is 1.88. The topological polar surface area (TPSA) is 40.5 Å². The average Bonchev–Trinajstić information content (AvgIpc) is 1.63. The predicted octanol–water partition coefficient (Wildman–Crippen LogP) is 2.25. The molecule has 0 saturated heterocycles. The first-order valence-corrected chi connectivity index (χ1v) is 2.55. The molecule has 50 valence electrons. The second-order valence-electron chi connectivity index (χ2n) is 1.43. The van der Waals surface area contributed by atoms with Crippen LogP contribution in [0.1, 0.15) is 0 Å². The predicted molar refractivity (Wildman–Crippen MR) is 37.5 cm³/mol. The van der Waals surface area contributed by atoms with E-state index < -0.39 is 0 Å². The first kappa shape index (κ1) is 8.11. The Kier molecular flexibility index (Phi) is 2.88. The number of hydrogen-bond donors (Lipinski definition) is 2. The van der Waals surface area contributed by atoms with E-state index in [1.54, 1.807) is 0 Å². The Balaban J connectivity index is 4.17. The third-order valence-electron chi connectivity index (χ3n) is 0.581. The molecule has 0 rings (SSSR count). The van der Waals surface area contributed by atoms with Gasteiger partial charge in [-0.05, 0) is 0 Å². The van der Waals surface area contributed by atoms with Crippen LogP contribution in [0.3, 0.4) is 0 Å². The van der Waals surface area contributed by atoms with E-state index in [1.165, 1.54) is 0 Å². The number of aliphatic hydroxyl groups is 2. The lowest BCUT2D eigenvalue weighted by Gasteiger charge is -1.92. The molecule has 0 atom stereocenters. The molecule has 0 aliphatic carbocycles. The molecule has 0 fully saturated rings. The molecule has 0 saturated carbocycles. The first-order valence-electron chi connectivity index (χ1n) is 2.17. The maximum absolute atomic E-state index is 8.71. The molecule has 0 spiro atoms. The Morgan fingerprint density at radius 1 is 1.33 bits per heavy atom. The zero-order valence-corrected chi connectivity index (χ0v) is 5.52. The van der Waals surface area contributed by atoms with E-state index in [0.29, 0.717) is 0 Å². The summed E-state index contributed by atoms with van der Waals surface area (Å²) in [5.41, 5.74) is 0. The van der Waals surface area contributed by atoms with Crippen molar-refractivity contribution in [1.82, 2.24) is 0 Å². The molecule has 2 N–H and O–H groups in total. The van der Waals surface area contributed by atoms with E-state index in [2.05, 4.69) is 13.2 Å². The zero-order valence-electron chi connectivity index (χ0n) is 4.76. The fourth-order valence-electron chi connectivity index (χ4n) is 0.236. The minimum absolute atomic E-state index is 0.0230. The van der Waals surface area contributed by atoms with Crippen LogP contribution in [0.2, 0.25) is 0 Å². The van der Waals surface area contributed by atoms with Gasteiger partial charge in [0.15, 0.2) is 0 Å². The highest BCUT2D eigenvalue weighted by molar-refractivity contribution is 6.31. The van der Waals surface area contributed by atoms with Crippen LogP contribution in [0.5, 0.6) is 0 Å². The maximum Gasteiger partial charge on any atom is 0.137 e. The number of allylic oxidation sites excluding steroid dienone is 2. The highest BCUT2D eigenvalue weighted by Gasteiger charge is 1.93. The van der Waals surface area contributed by atoms with E-state index in [1.807, 2.05) is 0 Å². The van der Waals surface area contributed by atoms with E-state index in [4.69, 9.17) is 21.8 Å². The van der Waals surface area contributed by atoms with Gasteiger partial charge in [-0.2, -0.15) is 0 Å². The van der Waals surface area contributed by atoms with Crippen molar-refractivity contribution in [2.24, 2.45) is 0 Å². The maximum atomic E-state index is 8.71. The Hall–Kier alpha value is -0.890. The minimum Gasteiger partial charge on any atom is -0.508 e. The van der Waals surface area contributed by atoms with Crippen molar-refractivity contribution in [2.45, 2.75) is 0 Å². The van der Waals surface area contributed by atoms with Crippen molar-refractivity contribution in [2.75, 3.05) is 0 Å². The lowest BCUT2D eigenvalue weighted by molar-refractivity contribution is 0.404. The quantitative estimate of drug-likeness (QED) is 0.464. The van der Waals surface area contributed by atoms with E-state index >= 15 is 0 Å². The van der Waals surface area contributed by atoms with Gasteiger partial charge in [0.1, 0.15) is 11.5 Å². The fourth-order valence-corrected chi connectivity index (χ4v) is 0.291. The molecule has 0 aromatic heterocycles. The van der Waals surface area contributed by atoms with E-state index in [-0.39, 0.29) is 16.6 Å². The lowest BCUT2D eigenvalue weighted by Crippen LogP contribution is -1.79. The number of aliphatic hydroxyl groups excluding tert-OH is 2. The summed E-state index contributed by atoms with van der Waals surface area (Å²) in [6, 6.07) is 0. The summed E-state index contributed by atoms with van der Waals surface area (Å²) in [5, 5.41) is 17.1. The van der Waals surface area contributed by atoms with Gasteiger partial charge in [-0.3, -0.25) is 0 Å². The number of rotatable bonds is 2. The molecule has 2 nitrogen and oxygen atoms in total. The van der Waals surface area contributed by atoms with Gasteiger partial charge in [0, 0.05) is 6.08 Å². The van der Waals surface area contributed by atoms with Gasteiger partial charge in [0.2, 0.25) is 0 Å². The van der Waals surface area contributed by atoms with Crippen LogP contribution in [0, 0.1) is 0 Å². The van der Waals surface area contributed by atoms with Crippen LogP contribution in [0.25, 0.3) is 0 Å². The van der Waals surface area contributed by atoms with Gasteiger partial charge in [-0.1, -0.05) is 24.8 Å². The van der Waals surface area contributed by atoms with Gasteiger partial charge in [-0.25, -0.2) is 0 Å². The summed E-state index contributed by atoms with van der Waals surface area (Å²) in [4.78, 5) is 0. The molecule has 0 amide bonds. The Bertz CT molecular complexity index is 170. The fraction of sp³-hybridized carbons (Fsp3) is 0. The lowest BCUT2D eigenvalue weighted by atomic mass is 10.4. The van der Waals surface area contributed by atoms with Crippen LogP contribution < -0.4 is 0 Å². The monoisotopic (exact) mass is 146 g/mol. The van der Waals surface area contributed by atoms with Crippen molar-refractivity contribution in [1.29, 1.82) is 0 Å². The highest BCUT2D eigenvalue weighted by atomic mass is 35.5. The van der Waals surface area contributed by atoms with Crippen molar-refractivity contribution in [3.63, 3.8) is 0 Å². The average molecular weight is 147 g/mol. The van der Waals surface area contributed by atoms with Crippen LogP contribution in [0.4, 0.5) is 0 Å². The standard InChI is InChI=1S/C6H7ClO2/c1-4(8)3-6(9)5(2)7/h3,8-9H,1-2H2/b6-3+. The van der Waals surface area contributed by atoms with Crippen molar-refractivity contribution >= 4 is 11.6 Å². The summed E-state index contributed by atoms with van der Waals surface area (Å²) in [6.07, 6.45) is 1.01. The van der Waals surface area contributed by atoms with Crippen LogP contribution in [0.15, 0.2) is 35.8 Å². The second kappa shape index (κ2) is 3.20. The summed E-state index contributed by atoms with van der Waals surface area (Å²) < 4.78 is 0. The highest BCUT2D eigenvalue weighted by Crippen LogP contribution is 2.08. The van der Waals surface area contributed by atoms with Crippen molar-refractivity contribution in [3.05, 3.63) is 35.8 Å². The minimum atomic E-state index is -0.274. The van der Waals surface area contributed by atoms with Crippen molar-refractivity contribution < 1.29 is 10.2 Å². The summed E-state index contributed by atoms with van der Waals surface area (Å²) in [7, 11) is 0.